The zero-order valence-corrected chi connectivity index (χ0v) is 9.68. The lowest BCUT2D eigenvalue weighted by Crippen LogP contribution is -1.78. The lowest BCUT2D eigenvalue weighted by molar-refractivity contribution is 0.285. The Morgan fingerprint density at radius 1 is 1.13 bits per heavy atom. The molecule has 0 aliphatic heterocycles. The van der Waals surface area contributed by atoms with Crippen LogP contribution in [0.4, 0.5) is 0 Å². The Balaban J connectivity index is 2.28. The van der Waals surface area contributed by atoms with Crippen molar-refractivity contribution >= 4 is 22.9 Å². The minimum absolute atomic E-state index is 0.116. The van der Waals surface area contributed by atoms with Gasteiger partial charge in [-0.15, -0.1) is 22.9 Å². The number of rotatable bonds is 3. The second-order valence-corrected chi connectivity index (χ2v) is 4.55. The van der Waals surface area contributed by atoms with Crippen molar-refractivity contribution in [1.29, 1.82) is 0 Å². The fourth-order valence-electron chi connectivity index (χ4n) is 1.40. The number of halogens is 1. The van der Waals surface area contributed by atoms with E-state index in [1.54, 1.807) is 11.3 Å². The molecule has 2 aromatic rings. The molecule has 2 rings (SSSR count). The van der Waals surface area contributed by atoms with Crippen LogP contribution in [0.15, 0.2) is 35.7 Å². The van der Waals surface area contributed by atoms with E-state index in [0.29, 0.717) is 5.88 Å². The monoisotopic (exact) mass is 238 g/mol. The molecule has 0 radical (unpaired) electrons. The summed E-state index contributed by atoms with van der Waals surface area (Å²) in [6.07, 6.45) is 0. The van der Waals surface area contributed by atoms with Crippen LogP contribution >= 0.6 is 22.9 Å². The van der Waals surface area contributed by atoms with E-state index in [1.807, 2.05) is 18.2 Å². The Hall–Kier alpha value is -0.830. The average Bonchev–Trinajstić information content (AvgIpc) is 2.78. The number of aliphatic hydroxyl groups excluding tert-OH is 1. The van der Waals surface area contributed by atoms with Crippen LogP contribution in [0, 0.1) is 0 Å². The Labute approximate surface area is 98.0 Å². The van der Waals surface area contributed by atoms with Crippen molar-refractivity contribution in [3.8, 4) is 11.1 Å². The molecule has 1 heterocycles. The van der Waals surface area contributed by atoms with Crippen molar-refractivity contribution < 1.29 is 5.11 Å². The Morgan fingerprint density at radius 2 is 1.87 bits per heavy atom. The van der Waals surface area contributed by atoms with Gasteiger partial charge in [-0.25, -0.2) is 0 Å². The molecule has 0 bridgehead atoms. The van der Waals surface area contributed by atoms with E-state index in [1.165, 1.54) is 5.56 Å². The highest BCUT2D eigenvalue weighted by molar-refractivity contribution is 7.10. The van der Waals surface area contributed by atoms with Crippen LogP contribution < -0.4 is 0 Å². The SMILES string of the molecule is OCc1cc(-c2ccc(CCl)cc2)cs1. The van der Waals surface area contributed by atoms with Gasteiger partial charge in [-0.2, -0.15) is 0 Å². The van der Waals surface area contributed by atoms with Crippen molar-refractivity contribution in [3.05, 3.63) is 46.2 Å². The van der Waals surface area contributed by atoms with Gasteiger partial charge in [-0.1, -0.05) is 24.3 Å². The lowest BCUT2D eigenvalue weighted by atomic mass is 10.1. The molecule has 15 heavy (non-hydrogen) atoms. The summed E-state index contributed by atoms with van der Waals surface area (Å²) in [6, 6.07) is 10.2. The molecule has 1 aromatic heterocycles. The van der Waals surface area contributed by atoms with Gasteiger partial charge in [-0.05, 0) is 28.1 Å². The number of thiophene rings is 1. The predicted octanol–water partition coefficient (Wildman–Crippen LogP) is 3.65. The van der Waals surface area contributed by atoms with E-state index in [0.717, 1.165) is 16.0 Å². The number of alkyl halides is 1. The van der Waals surface area contributed by atoms with Gasteiger partial charge in [0.25, 0.3) is 0 Å². The third kappa shape index (κ3) is 2.40. The first-order chi connectivity index (χ1) is 7.33. The maximum Gasteiger partial charge on any atom is 0.0774 e. The second kappa shape index (κ2) is 4.79. The molecule has 0 unspecified atom stereocenters. The van der Waals surface area contributed by atoms with Gasteiger partial charge >= 0.3 is 0 Å². The Kier molecular flexibility index (Phi) is 3.41. The maximum absolute atomic E-state index is 8.97. The number of hydrogen-bond donors (Lipinski definition) is 1. The summed E-state index contributed by atoms with van der Waals surface area (Å²) in [5.41, 5.74) is 3.45. The highest BCUT2D eigenvalue weighted by atomic mass is 35.5. The summed E-state index contributed by atoms with van der Waals surface area (Å²) < 4.78 is 0. The van der Waals surface area contributed by atoms with E-state index >= 15 is 0 Å². The van der Waals surface area contributed by atoms with E-state index in [4.69, 9.17) is 16.7 Å². The summed E-state index contributed by atoms with van der Waals surface area (Å²) in [6.45, 7) is 0.116. The van der Waals surface area contributed by atoms with Crippen molar-refractivity contribution in [2.45, 2.75) is 12.5 Å². The van der Waals surface area contributed by atoms with Gasteiger partial charge in [0.2, 0.25) is 0 Å². The van der Waals surface area contributed by atoms with Gasteiger partial charge in [-0.3, -0.25) is 0 Å². The molecule has 0 spiro atoms. The molecule has 1 nitrogen and oxygen atoms in total. The fourth-order valence-corrected chi connectivity index (χ4v) is 2.33. The molecule has 0 saturated carbocycles. The zero-order valence-electron chi connectivity index (χ0n) is 8.11. The molecule has 1 N–H and O–H groups in total. The van der Waals surface area contributed by atoms with Crippen LogP contribution in [0.5, 0.6) is 0 Å². The van der Waals surface area contributed by atoms with Gasteiger partial charge in [0, 0.05) is 10.8 Å². The molecular weight excluding hydrogens is 228 g/mol. The van der Waals surface area contributed by atoms with Gasteiger partial charge in [0.05, 0.1) is 6.61 Å². The van der Waals surface area contributed by atoms with Crippen molar-refractivity contribution in [1.82, 2.24) is 0 Å². The normalized spacial score (nSPS) is 10.5. The Bertz CT molecular complexity index is 433. The standard InChI is InChI=1S/C12H11ClOS/c13-6-9-1-3-10(4-2-9)11-5-12(7-14)15-8-11/h1-5,8,14H,6-7H2. The molecule has 3 heteroatoms. The lowest BCUT2D eigenvalue weighted by Gasteiger charge is -1.99. The number of aliphatic hydroxyl groups is 1. The smallest absolute Gasteiger partial charge is 0.0774 e. The molecular formula is C12H11ClOS. The molecule has 78 valence electrons. The molecule has 0 aliphatic rings. The van der Waals surface area contributed by atoms with Crippen molar-refractivity contribution in [2.75, 3.05) is 0 Å². The van der Waals surface area contributed by atoms with Gasteiger partial charge in [0.1, 0.15) is 0 Å². The first kappa shape index (κ1) is 10.7. The number of hydrogen-bond acceptors (Lipinski definition) is 2. The first-order valence-electron chi connectivity index (χ1n) is 4.67. The minimum atomic E-state index is 0.116. The van der Waals surface area contributed by atoms with E-state index in [2.05, 4.69) is 17.5 Å². The van der Waals surface area contributed by atoms with Crippen LogP contribution in [-0.2, 0) is 12.5 Å². The van der Waals surface area contributed by atoms with E-state index in [-0.39, 0.29) is 6.61 Å². The molecule has 1 aromatic carbocycles. The fraction of sp³-hybridized carbons (Fsp3) is 0.167. The number of benzene rings is 1. The average molecular weight is 239 g/mol. The topological polar surface area (TPSA) is 20.2 Å². The minimum Gasteiger partial charge on any atom is -0.391 e. The largest absolute Gasteiger partial charge is 0.391 e. The second-order valence-electron chi connectivity index (χ2n) is 3.29. The summed E-state index contributed by atoms with van der Waals surface area (Å²) >= 11 is 7.30. The van der Waals surface area contributed by atoms with Crippen LogP contribution in [-0.4, -0.2) is 5.11 Å². The predicted molar refractivity (Wildman–Crippen MR) is 65.2 cm³/mol. The Morgan fingerprint density at radius 3 is 2.40 bits per heavy atom. The molecule has 0 fully saturated rings. The van der Waals surface area contributed by atoms with Gasteiger partial charge < -0.3 is 5.11 Å². The van der Waals surface area contributed by atoms with Crippen LogP contribution in [0.2, 0.25) is 0 Å². The zero-order chi connectivity index (χ0) is 10.7. The van der Waals surface area contributed by atoms with Gasteiger partial charge in [0.15, 0.2) is 0 Å². The molecule has 0 amide bonds. The molecule has 0 saturated heterocycles. The highest BCUT2D eigenvalue weighted by Crippen LogP contribution is 2.26. The first-order valence-corrected chi connectivity index (χ1v) is 6.08. The maximum atomic E-state index is 8.97. The highest BCUT2D eigenvalue weighted by Gasteiger charge is 2.01. The van der Waals surface area contributed by atoms with Crippen molar-refractivity contribution in [3.63, 3.8) is 0 Å². The summed E-state index contributed by atoms with van der Waals surface area (Å²) in [5.74, 6) is 0.547. The summed E-state index contributed by atoms with van der Waals surface area (Å²) in [7, 11) is 0. The summed E-state index contributed by atoms with van der Waals surface area (Å²) in [5, 5.41) is 11.0. The van der Waals surface area contributed by atoms with Crippen molar-refractivity contribution in [2.24, 2.45) is 0 Å². The quantitative estimate of drug-likeness (QED) is 0.810. The summed E-state index contributed by atoms with van der Waals surface area (Å²) in [4.78, 5) is 0.992. The molecule has 0 atom stereocenters. The van der Waals surface area contributed by atoms with E-state index in [9.17, 15) is 0 Å². The van der Waals surface area contributed by atoms with Crippen LogP contribution in [0.3, 0.4) is 0 Å². The third-order valence-electron chi connectivity index (χ3n) is 2.25. The molecule has 0 aliphatic carbocycles. The third-order valence-corrected chi connectivity index (χ3v) is 3.48. The van der Waals surface area contributed by atoms with Crippen LogP contribution in [0.25, 0.3) is 11.1 Å². The van der Waals surface area contributed by atoms with Crippen LogP contribution in [0.1, 0.15) is 10.4 Å². The van der Waals surface area contributed by atoms with E-state index < -0.39 is 0 Å².